The molecule has 1 fully saturated rings. The maximum Gasteiger partial charge on any atom is 0.330 e. The first-order chi connectivity index (χ1) is 14.1. The predicted octanol–water partition coefficient (Wildman–Crippen LogP) is 3.75. The van der Waals surface area contributed by atoms with Crippen LogP contribution >= 0.6 is 12.4 Å². The van der Waals surface area contributed by atoms with Crippen molar-refractivity contribution < 1.29 is 19.4 Å². The van der Waals surface area contributed by atoms with Gasteiger partial charge in [0.2, 0.25) is 0 Å². The van der Waals surface area contributed by atoms with Gasteiger partial charge in [0.25, 0.3) is 0 Å². The molecule has 0 aliphatic carbocycles. The fraction of sp³-hybridized carbons (Fsp3) is 0.364. The zero-order valence-electron chi connectivity index (χ0n) is 16.8. The number of nitrogens with zero attached hydrogens (tertiary/aromatic N) is 1. The van der Waals surface area contributed by atoms with Crippen LogP contribution in [-0.2, 0) is 4.79 Å². The maximum absolute atomic E-state index is 12.0. The van der Waals surface area contributed by atoms with Gasteiger partial charge in [0, 0.05) is 11.8 Å². The van der Waals surface area contributed by atoms with Gasteiger partial charge in [0.05, 0.1) is 18.2 Å². The SMILES string of the molecule is CCOc1cc(OC2CCNCC2)cc(C(Nc2ccc(C#N)cc2)C(=O)O)c1.Cl. The Morgan fingerprint density at radius 1 is 1.23 bits per heavy atom. The topological polar surface area (TPSA) is 104 Å². The van der Waals surface area contributed by atoms with E-state index in [0.717, 1.165) is 25.9 Å². The normalized spacial score (nSPS) is 14.7. The number of halogens is 1. The van der Waals surface area contributed by atoms with Crippen molar-refractivity contribution in [3.63, 3.8) is 0 Å². The van der Waals surface area contributed by atoms with Crippen molar-refractivity contribution in [2.75, 3.05) is 25.0 Å². The van der Waals surface area contributed by atoms with Crippen molar-refractivity contribution in [2.45, 2.75) is 31.9 Å². The van der Waals surface area contributed by atoms with Crippen molar-refractivity contribution >= 4 is 24.1 Å². The zero-order chi connectivity index (χ0) is 20.6. The Labute approximate surface area is 182 Å². The first-order valence-corrected chi connectivity index (χ1v) is 9.73. The summed E-state index contributed by atoms with van der Waals surface area (Å²) < 4.78 is 11.8. The number of anilines is 1. The third-order valence-corrected chi connectivity index (χ3v) is 4.71. The number of carboxylic acid groups (broad SMARTS) is 1. The minimum atomic E-state index is -1.02. The van der Waals surface area contributed by atoms with E-state index >= 15 is 0 Å². The molecular weight excluding hydrogens is 406 g/mol. The molecule has 2 aromatic carbocycles. The standard InChI is InChI=1S/C22H25N3O4.ClH/c1-2-28-19-11-16(12-20(13-19)29-18-7-9-24-10-8-18)21(22(26)27)25-17-5-3-15(14-23)4-6-17;/h3-6,11-13,18,21,24-25H,2,7-10H2,1H3,(H,26,27);1H. The maximum atomic E-state index is 12.0. The lowest BCUT2D eigenvalue weighted by molar-refractivity contribution is -0.138. The third kappa shape index (κ3) is 6.28. The average Bonchev–Trinajstić information content (AvgIpc) is 2.73. The molecule has 1 heterocycles. The van der Waals surface area contributed by atoms with Crippen LogP contribution in [0.15, 0.2) is 42.5 Å². The third-order valence-electron chi connectivity index (χ3n) is 4.71. The Kier molecular flexibility index (Phi) is 8.78. The highest BCUT2D eigenvalue weighted by Gasteiger charge is 2.23. The Morgan fingerprint density at radius 3 is 2.50 bits per heavy atom. The number of hydrogen-bond acceptors (Lipinski definition) is 6. The molecule has 1 atom stereocenters. The van der Waals surface area contributed by atoms with Crippen molar-refractivity contribution in [3.8, 4) is 17.6 Å². The summed E-state index contributed by atoms with van der Waals surface area (Å²) in [6, 6.07) is 13.0. The molecule has 7 nitrogen and oxygen atoms in total. The monoisotopic (exact) mass is 431 g/mol. The van der Waals surface area contributed by atoms with E-state index in [2.05, 4.69) is 10.6 Å². The zero-order valence-corrected chi connectivity index (χ0v) is 17.6. The van der Waals surface area contributed by atoms with E-state index in [1.54, 1.807) is 42.5 Å². The Bertz CT molecular complexity index is 877. The van der Waals surface area contributed by atoms with Crippen LogP contribution in [0.25, 0.3) is 0 Å². The molecule has 0 saturated carbocycles. The van der Waals surface area contributed by atoms with Crippen LogP contribution in [0.3, 0.4) is 0 Å². The molecule has 30 heavy (non-hydrogen) atoms. The highest BCUT2D eigenvalue weighted by molar-refractivity contribution is 5.85. The molecule has 1 aliphatic heterocycles. The molecule has 160 valence electrons. The molecule has 1 unspecified atom stereocenters. The molecule has 8 heteroatoms. The molecule has 0 amide bonds. The summed E-state index contributed by atoms with van der Waals surface area (Å²) in [7, 11) is 0. The van der Waals surface area contributed by atoms with Crippen LogP contribution in [0.2, 0.25) is 0 Å². The molecule has 2 aromatic rings. The van der Waals surface area contributed by atoms with E-state index in [-0.39, 0.29) is 18.5 Å². The van der Waals surface area contributed by atoms with Crippen LogP contribution < -0.4 is 20.1 Å². The summed E-state index contributed by atoms with van der Waals surface area (Å²) in [5.41, 5.74) is 1.66. The summed E-state index contributed by atoms with van der Waals surface area (Å²) >= 11 is 0. The number of aliphatic carboxylic acids is 1. The smallest absolute Gasteiger partial charge is 0.330 e. The Morgan fingerprint density at radius 2 is 1.90 bits per heavy atom. The summed E-state index contributed by atoms with van der Waals surface area (Å²) in [6.07, 6.45) is 1.90. The second-order valence-corrected chi connectivity index (χ2v) is 6.84. The number of hydrogen-bond donors (Lipinski definition) is 3. The second-order valence-electron chi connectivity index (χ2n) is 6.84. The fourth-order valence-electron chi connectivity index (χ4n) is 3.28. The van der Waals surface area contributed by atoms with E-state index in [0.29, 0.717) is 34.9 Å². The van der Waals surface area contributed by atoms with Gasteiger partial charge in [-0.05, 0) is 74.8 Å². The van der Waals surface area contributed by atoms with Crippen molar-refractivity contribution in [1.82, 2.24) is 5.32 Å². The summed E-state index contributed by atoms with van der Waals surface area (Å²) in [5.74, 6) is 0.156. The molecule has 3 N–H and O–H groups in total. The van der Waals surface area contributed by atoms with Gasteiger partial charge in [-0.15, -0.1) is 12.4 Å². The quantitative estimate of drug-likeness (QED) is 0.584. The van der Waals surface area contributed by atoms with Crippen LogP contribution in [-0.4, -0.2) is 36.9 Å². The summed E-state index contributed by atoms with van der Waals surface area (Å²) in [6.45, 7) is 4.15. The number of carbonyl (C=O) groups is 1. The molecule has 0 radical (unpaired) electrons. The number of rotatable bonds is 8. The summed E-state index contributed by atoms with van der Waals surface area (Å²) in [5, 5.41) is 25.1. The van der Waals surface area contributed by atoms with Crippen molar-refractivity contribution in [2.24, 2.45) is 0 Å². The number of ether oxygens (including phenoxy) is 2. The van der Waals surface area contributed by atoms with Gasteiger partial charge in [0.15, 0.2) is 6.04 Å². The van der Waals surface area contributed by atoms with Gasteiger partial charge in [-0.1, -0.05) is 0 Å². The van der Waals surface area contributed by atoms with E-state index < -0.39 is 12.0 Å². The minimum absolute atomic E-state index is 0. The molecule has 3 rings (SSSR count). The predicted molar refractivity (Wildman–Crippen MR) is 117 cm³/mol. The van der Waals surface area contributed by atoms with E-state index in [4.69, 9.17) is 14.7 Å². The van der Waals surface area contributed by atoms with Crippen LogP contribution in [0.1, 0.15) is 36.9 Å². The van der Waals surface area contributed by atoms with Crippen molar-refractivity contribution in [1.29, 1.82) is 5.26 Å². The van der Waals surface area contributed by atoms with Gasteiger partial charge in [-0.25, -0.2) is 4.79 Å². The first-order valence-electron chi connectivity index (χ1n) is 9.73. The summed E-state index contributed by atoms with van der Waals surface area (Å²) in [4.78, 5) is 12.0. The van der Waals surface area contributed by atoms with Gasteiger partial charge >= 0.3 is 5.97 Å². The number of benzene rings is 2. The highest BCUT2D eigenvalue weighted by atomic mass is 35.5. The minimum Gasteiger partial charge on any atom is -0.494 e. The molecular formula is C22H26ClN3O4. The Hall–Kier alpha value is -2.95. The van der Waals surface area contributed by atoms with Gasteiger partial charge in [-0.3, -0.25) is 0 Å². The molecule has 1 saturated heterocycles. The second kappa shape index (κ2) is 11.3. The highest BCUT2D eigenvalue weighted by Crippen LogP contribution is 2.30. The lowest BCUT2D eigenvalue weighted by Gasteiger charge is -2.25. The molecule has 0 bridgehead atoms. The lowest BCUT2D eigenvalue weighted by Crippen LogP contribution is -2.34. The lowest BCUT2D eigenvalue weighted by atomic mass is 10.0. The van der Waals surface area contributed by atoms with E-state index in [1.165, 1.54) is 0 Å². The average molecular weight is 432 g/mol. The van der Waals surface area contributed by atoms with Crippen molar-refractivity contribution in [3.05, 3.63) is 53.6 Å². The van der Waals surface area contributed by atoms with Gasteiger partial charge in [-0.2, -0.15) is 5.26 Å². The molecule has 1 aliphatic rings. The van der Waals surface area contributed by atoms with Crippen LogP contribution in [0, 0.1) is 11.3 Å². The van der Waals surface area contributed by atoms with Crippen LogP contribution in [0.5, 0.6) is 11.5 Å². The molecule has 0 aromatic heterocycles. The van der Waals surface area contributed by atoms with Gasteiger partial charge in [0.1, 0.15) is 17.6 Å². The largest absolute Gasteiger partial charge is 0.494 e. The van der Waals surface area contributed by atoms with E-state index in [1.807, 2.05) is 13.0 Å². The number of nitriles is 1. The fourth-order valence-corrected chi connectivity index (χ4v) is 3.28. The number of carboxylic acids is 1. The van der Waals surface area contributed by atoms with Gasteiger partial charge < -0.3 is 25.2 Å². The Balaban J connectivity index is 0.00000320. The van der Waals surface area contributed by atoms with Crippen LogP contribution in [0.4, 0.5) is 5.69 Å². The number of nitrogens with one attached hydrogen (secondary N) is 2. The first kappa shape index (κ1) is 23.3. The van der Waals surface area contributed by atoms with E-state index in [9.17, 15) is 9.90 Å². The number of piperidine rings is 1. The molecule has 0 spiro atoms.